The summed E-state index contributed by atoms with van der Waals surface area (Å²) in [6, 6.07) is 10.3. The van der Waals surface area contributed by atoms with E-state index in [1.165, 1.54) is 35.9 Å². The number of aryl methyl sites for hydroxylation is 1. The van der Waals surface area contributed by atoms with Crippen molar-refractivity contribution in [3.05, 3.63) is 58.5 Å². The smallest absolute Gasteiger partial charge is 0.461 e. The van der Waals surface area contributed by atoms with E-state index in [9.17, 15) is 22.8 Å². The van der Waals surface area contributed by atoms with E-state index >= 15 is 0 Å². The van der Waals surface area contributed by atoms with Gasteiger partial charge in [0.25, 0.3) is 5.56 Å². The number of fused-ring (bicyclic) bond motifs is 1. The molecular weight excluding hydrogens is 377 g/mol. The largest absolute Gasteiger partial charge is 0.573 e. The number of aromatic nitrogens is 2. The van der Waals surface area contributed by atoms with Crippen molar-refractivity contribution in [3.63, 3.8) is 0 Å². The van der Waals surface area contributed by atoms with Crippen LogP contribution in [0.15, 0.2) is 47.3 Å². The first kappa shape index (κ1) is 19.4. The summed E-state index contributed by atoms with van der Waals surface area (Å²) in [6.45, 7) is 1.75. The van der Waals surface area contributed by atoms with Gasteiger partial charge < -0.3 is 14.0 Å². The number of carbonyl (C=O) groups is 1. The molecule has 0 amide bonds. The number of hydrogen-bond acceptors (Lipinski definition) is 5. The van der Waals surface area contributed by atoms with Gasteiger partial charge in [0.1, 0.15) is 5.75 Å². The molecule has 1 heterocycles. The minimum Gasteiger partial charge on any atom is -0.461 e. The van der Waals surface area contributed by atoms with Crippen molar-refractivity contribution in [2.75, 3.05) is 6.61 Å². The highest BCUT2D eigenvalue weighted by atomic mass is 19.4. The second-order valence-electron chi connectivity index (χ2n) is 5.82. The molecule has 0 N–H and O–H groups in total. The predicted molar refractivity (Wildman–Crippen MR) is 95.1 cm³/mol. The summed E-state index contributed by atoms with van der Waals surface area (Å²) in [5.74, 6) is -1.13. The normalized spacial score (nSPS) is 11.5. The van der Waals surface area contributed by atoms with Crippen LogP contribution in [0.1, 0.15) is 17.4 Å². The average molecular weight is 392 g/mol. The van der Waals surface area contributed by atoms with E-state index < -0.39 is 17.9 Å². The lowest BCUT2D eigenvalue weighted by atomic mass is 10.0. The Balaban J connectivity index is 2.01. The molecule has 9 heteroatoms. The maximum absolute atomic E-state index is 12.4. The summed E-state index contributed by atoms with van der Waals surface area (Å²) >= 11 is 0. The third-order valence-electron chi connectivity index (χ3n) is 3.97. The molecule has 2 aromatic carbocycles. The number of carbonyl (C=O) groups excluding carboxylic acids is 1. The lowest BCUT2D eigenvalue weighted by molar-refractivity contribution is -0.274. The standard InChI is InChI=1S/C19H15F3N2O4/c1-3-27-18(26)16-17(25)24(2)15-10-12(6-9-14(15)23-16)11-4-7-13(8-5-11)28-19(20,21)22/h4-10H,3H2,1-2H3. The van der Waals surface area contributed by atoms with Gasteiger partial charge in [-0.15, -0.1) is 13.2 Å². The van der Waals surface area contributed by atoms with Gasteiger partial charge in [-0.05, 0) is 42.3 Å². The summed E-state index contributed by atoms with van der Waals surface area (Å²) in [7, 11) is 1.50. The van der Waals surface area contributed by atoms with Gasteiger partial charge in [0.05, 0.1) is 17.6 Å². The third kappa shape index (κ3) is 3.98. The van der Waals surface area contributed by atoms with E-state index in [2.05, 4.69) is 9.72 Å². The van der Waals surface area contributed by atoms with Crippen molar-refractivity contribution < 1.29 is 27.4 Å². The van der Waals surface area contributed by atoms with E-state index in [4.69, 9.17) is 4.74 Å². The Labute approximate surface area is 157 Å². The van der Waals surface area contributed by atoms with E-state index in [1.54, 1.807) is 25.1 Å². The third-order valence-corrected chi connectivity index (χ3v) is 3.97. The fourth-order valence-corrected chi connectivity index (χ4v) is 2.68. The highest BCUT2D eigenvalue weighted by Crippen LogP contribution is 2.28. The minimum atomic E-state index is -4.76. The Bertz CT molecular complexity index is 1090. The SMILES string of the molecule is CCOC(=O)c1nc2ccc(-c3ccc(OC(F)(F)F)cc3)cc2n(C)c1=O. The van der Waals surface area contributed by atoms with E-state index in [1.807, 2.05) is 0 Å². The Morgan fingerprint density at radius 1 is 1.11 bits per heavy atom. The summed E-state index contributed by atoms with van der Waals surface area (Å²) in [4.78, 5) is 28.4. The van der Waals surface area contributed by atoms with Gasteiger partial charge in [0.15, 0.2) is 0 Å². The van der Waals surface area contributed by atoms with Gasteiger partial charge in [-0.2, -0.15) is 0 Å². The molecule has 0 spiro atoms. The van der Waals surface area contributed by atoms with Crippen molar-refractivity contribution in [2.45, 2.75) is 13.3 Å². The molecule has 0 aliphatic rings. The maximum Gasteiger partial charge on any atom is 0.573 e. The van der Waals surface area contributed by atoms with Gasteiger partial charge in [-0.1, -0.05) is 18.2 Å². The fourth-order valence-electron chi connectivity index (χ4n) is 2.68. The molecule has 6 nitrogen and oxygen atoms in total. The zero-order valence-corrected chi connectivity index (χ0v) is 14.9. The van der Waals surface area contributed by atoms with Crippen molar-refractivity contribution in [1.29, 1.82) is 0 Å². The van der Waals surface area contributed by atoms with Crippen molar-refractivity contribution in [1.82, 2.24) is 9.55 Å². The quantitative estimate of drug-likeness (QED) is 0.634. The average Bonchev–Trinajstić information content (AvgIpc) is 2.64. The molecule has 0 saturated carbocycles. The predicted octanol–water partition coefficient (Wildman–Crippen LogP) is 3.68. The first-order valence-corrected chi connectivity index (χ1v) is 8.23. The lowest BCUT2D eigenvalue weighted by Gasteiger charge is -2.11. The van der Waals surface area contributed by atoms with Gasteiger partial charge in [-0.3, -0.25) is 4.79 Å². The number of ether oxygens (including phenoxy) is 2. The molecule has 28 heavy (non-hydrogen) atoms. The highest BCUT2D eigenvalue weighted by molar-refractivity contribution is 5.90. The zero-order chi connectivity index (χ0) is 20.5. The molecule has 0 aliphatic heterocycles. The first-order valence-electron chi connectivity index (χ1n) is 8.23. The molecule has 0 atom stereocenters. The first-order chi connectivity index (χ1) is 13.2. The Hall–Kier alpha value is -3.36. The van der Waals surface area contributed by atoms with E-state index in [0.29, 0.717) is 22.2 Å². The highest BCUT2D eigenvalue weighted by Gasteiger charge is 2.31. The zero-order valence-electron chi connectivity index (χ0n) is 14.9. The molecule has 0 bridgehead atoms. The van der Waals surface area contributed by atoms with Crippen LogP contribution in [-0.2, 0) is 11.8 Å². The Morgan fingerprint density at radius 3 is 2.36 bits per heavy atom. The van der Waals surface area contributed by atoms with Crippen molar-refractivity contribution >= 4 is 17.0 Å². The molecule has 3 rings (SSSR count). The molecular formula is C19H15F3N2O4. The van der Waals surface area contributed by atoms with Crippen LogP contribution in [0, 0.1) is 0 Å². The lowest BCUT2D eigenvalue weighted by Crippen LogP contribution is -2.27. The van der Waals surface area contributed by atoms with Crippen LogP contribution in [0.3, 0.4) is 0 Å². The van der Waals surface area contributed by atoms with Crippen LogP contribution in [0.4, 0.5) is 13.2 Å². The minimum absolute atomic E-state index is 0.120. The number of hydrogen-bond donors (Lipinski definition) is 0. The van der Waals surface area contributed by atoms with E-state index in [-0.39, 0.29) is 18.1 Å². The van der Waals surface area contributed by atoms with Crippen LogP contribution in [0.5, 0.6) is 5.75 Å². The topological polar surface area (TPSA) is 70.4 Å². The van der Waals surface area contributed by atoms with E-state index in [0.717, 1.165) is 0 Å². The van der Waals surface area contributed by atoms with Crippen LogP contribution in [-0.4, -0.2) is 28.5 Å². The number of rotatable bonds is 4. The molecule has 0 fully saturated rings. The van der Waals surface area contributed by atoms with Gasteiger partial charge in [0.2, 0.25) is 5.69 Å². The van der Waals surface area contributed by atoms with Gasteiger partial charge >= 0.3 is 12.3 Å². The summed E-state index contributed by atoms with van der Waals surface area (Å²) < 4.78 is 46.8. The maximum atomic E-state index is 12.4. The number of esters is 1. The van der Waals surface area contributed by atoms with Gasteiger partial charge in [-0.25, -0.2) is 9.78 Å². The number of halogens is 3. The van der Waals surface area contributed by atoms with Gasteiger partial charge in [0, 0.05) is 7.05 Å². The summed E-state index contributed by atoms with van der Waals surface area (Å²) in [6.07, 6.45) is -4.76. The number of alkyl halides is 3. The van der Waals surface area contributed by atoms with Crippen LogP contribution < -0.4 is 10.3 Å². The molecule has 0 saturated heterocycles. The molecule has 1 aromatic heterocycles. The van der Waals surface area contributed by atoms with Crippen molar-refractivity contribution in [2.24, 2.45) is 7.05 Å². The van der Waals surface area contributed by atoms with Crippen LogP contribution >= 0.6 is 0 Å². The second kappa shape index (κ2) is 7.34. The Kier molecular flexibility index (Phi) is 5.08. The molecule has 0 radical (unpaired) electrons. The summed E-state index contributed by atoms with van der Waals surface area (Å²) in [5, 5.41) is 0. The van der Waals surface area contributed by atoms with Crippen LogP contribution in [0.25, 0.3) is 22.2 Å². The second-order valence-corrected chi connectivity index (χ2v) is 5.82. The Morgan fingerprint density at radius 2 is 1.75 bits per heavy atom. The fraction of sp³-hybridized carbons (Fsp3) is 0.211. The number of nitrogens with zero attached hydrogens (tertiary/aromatic N) is 2. The molecule has 146 valence electrons. The van der Waals surface area contributed by atoms with Crippen molar-refractivity contribution in [3.8, 4) is 16.9 Å². The monoisotopic (exact) mass is 392 g/mol. The number of benzene rings is 2. The van der Waals surface area contributed by atoms with Crippen LogP contribution in [0.2, 0.25) is 0 Å². The summed E-state index contributed by atoms with van der Waals surface area (Å²) in [5.41, 5.74) is 1.25. The molecule has 0 unspecified atom stereocenters. The molecule has 0 aliphatic carbocycles. The molecule has 3 aromatic rings.